The van der Waals surface area contributed by atoms with Gasteiger partial charge >= 0.3 is 0 Å². The molecule has 0 aliphatic carbocycles. The van der Waals surface area contributed by atoms with Crippen LogP contribution in [0, 0.1) is 16.0 Å². The van der Waals surface area contributed by atoms with E-state index in [4.69, 9.17) is 4.42 Å². The largest absolute Gasteiger partial charge is 0.449 e. The van der Waals surface area contributed by atoms with Gasteiger partial charge in [-0.2, -0.15) is 0 Å². The molecular formula is C23H23N3O5. The number of nitro benzene ring substituents is 1. The Hall–Kier alpha value is -3.68. The molecule has 0 atom stereocenters. The maximum absolute atomic E-state index is 13.2. The average molecular weight is 421 g/mol. The summed E-state index contributed by atoms with van der Waals surface area (Å²) in [4.78, 5) is 38.0. The summed E-state index contributed by atoms with van der Waals surface area (Å²) in [6.07, 6.45) is 1.90. The lowest BCUT2D eigenvalue weighted by molar-refractivity contribution is -0.384. The van der Waals surface area contributed by atoms with Crippen LogP contribution in [0.1, 0.15) is 35.9 Å². The lowest BCUT2D eigenvalue weighted by Crippen LogP contribution is -2.38. The molecule has 2 aromatic carbocycles. The molecule has 2 heterocycles. The van der Waals surface area contributed by atoms with Crippen molar-refractivity contribution in [3.63, 3.8) is 0 Å². The Labute approximate surface area is 179 Å². The van der Waals surface area contributed by atoms with E-state index in [1.165, 1.54) is 12.1 Å². The molecule has 160 valence electrons. The minimum absolute atomic E-state index is 0.0202. The van der Waals surface area contributed by atoms with Gasteiger partial charge in [-0.25, -0.2) is 0 Å². The molecule has 8 heteroatoms. The van der Waals surface area contributed by atoms with E-state index in [9.17, 15) is 19.7 Å². The van der Waals surface area contributed by atoms with Gasteiger partial charge in [0.05, 0.1) is 11.3 Å². The summed E-state index contributed by atoms with van der Waals surface area (Å²) in [7, 11) is 0. The van der Waals surface area contributed by atoms with Gasteiger partial charge in [-0.1, -0.05) is 31.2 Å². The molecule has 2 amide bonds. The highest BCUT2D eigenvalue weighted by Crippen LogP contribution is 2.33. The van der Waals surface area contributed by atoms with E-state index >= 15 is 0 Å². The summed E-state index contributed by atoms with van der Waals surface area (Å²) in [5, 5.41) is 14.3. The molecule has 1 N–H and O–H groups in total. The van der Waals surface area contributed by atoms with Gasteiger partial charge in [0.25, 0.3) is 11.6 Å². The second-order valence-electron chi connectivity index (χ2n) is 7.93. The van der Waals surface area contributed by atoms with Crippen LogP contribution < -0.4 is 5.32 Å². The van der Waals surface area contributed by atoms with Crippen LogP contribution in [-0.2, 0) is 11.2 Å². The summed E-state index contributed by atoms with van der Waals surface area (Å²) >= 11 is 0. The Bertz CT molecular complexity index is 1130. The molecule has 8 nitrogen and oxygen atoms in total. The highest BCUT2D eigenvalue weighted by atomic mass is 16.6. The standard InChI is InChI=1S/C23H23N3O5/c1-15-10-12-25(13-11-15)23(28)22-21(18-4-2-3-5-19(18)31-22)24-20(27)14-16-6-8-17(9-7-16)26(29)30/h2-9,15H,10-14H2,1H3,(H,24,27). The number of rotatable bonds is 5. The third kappa shape index (κ3) is 4.42. The SMILES string of the molecule is CC1CCN(C(=O)c2oc3ccccc3c2NC(=O)Cc2ccc([N+](=O)[O-])cc2)CC1. The van der Waals surface area contributed by atoms with Crippen molar-refractivity contribution in [2.75, 3.05) is 18.4 Å². The quantitative estimate of drug-likeness (QED) is 0.486. The third-order valence-electron chi connectivity index (χ3n) is 5.64. The second kappa shape index (κ2) is 8.59. The van der Waals surface area contributed by atoms with E-state index in [2.05, 4.69) is 12.2 Å². The number of benzene rings is 2. The van der Waals surface area contributed by atoms with E-state index in [0.29, 0.717) is 41.2 Å². The van der Waals surface area contributed by atoms with E-state index in [-0.39, 0.29) is 29.7 Å². The monoisotopic (exact) mass is 421 g/mol. The number of hydrogen-bond donors (Lipinski definition) is 1. The van der Waals surface area contributed by atoms with Crippen LogP contribution in [0.5, 0.6) is 0 Å². The van der Waals surface area contributed by atoms with E-state index in [1.807, 2.05) is 12.1 Å². The number of carbonyl (C=O) groups excluding carboxylic acids is 2. The highest BCUT2D eigenvalue weighted by molar-refractivity contribution is 6.11. The number of piperidine rings is 1. The lowest BCUT2D eigenvalue weighted by atomic mass is 9.99. The van der Waals surface area contributed by atoms with E-state index < -0.39 is 4.92 Å². The Morgan fingerprint density at radius 2 is 1.81 bits per heavy atom. The minimum Gasteiger partial charge on any atom is -0.449 e. The number of nitrogens with zero attached hydrogens (tertiary/aromatic N) is 2. The highest BCUT2D eigenvalue weighted by Gasteiger charge is 2.28. The maximum Gasteiger partial charge on any atom is 0.291 e. The molecule has 0 spiro atoms. The third-order valence-corrected chi connectivity index (χ3v) is 5.64. The van der Waals surface area contributed by atoms with E-state index in [1.54, 1.807) is 29.2 Å². The van der Waals surface area contributed by atoms with Crippen molar-refractivity contribution in [3.8, 4) is 0 Å². The molecule has 1 saturated heterocycles. The number of likely N-dealkylation sites (tertiary alicyclic amines) is 1. The van der Waals surface area contributed by atoms with Crippen LogP contribution in [0.25, 0.3) is 11.0 Å². The Kier molecular flexibility index (Phi) is 5.70. The molecule has 1 aromatic heterocycles. The van der Waals surface area contributed by atoms with Crippen LogP contribution in [-0.4, -0.2) is 34.7 Å². The Morgan fingerprint density at radius 3 is 2.48 bits per heavy atom. The Balaban J connectivity index is 1.57. The maximum atomic E-state index is 13.2. The first-order chi connectivity index (χ1) is 14.9. The van der Waals surface area contributed by atoms with Gasteiger partial charge in [-0.15, -0.1) is 0 Å². The van der Waals surface area contributed by atoms with Crippen molar-refractivity contribution in [2.45, 2.75) is 26.2 Å². The zero-order chi connectivity index (χ0) is 22.0. The van der Waals surface area contributed by atoms with Crippen LogP contribution in [0.15, 0.2) is 52.9 Å². The number of furan rings is 1. The van der Waals surface area contributed by atoms with Gasteiger partial charge in [0.2, 0.25) is 11.7 Å². The summed E-state index contributed by atoms with van der Waals surface area (Å²) in [6.45, 7) is 3.49. The van der Waals surface area contributed by atoms with Gasteiger partial charge in [0.1, 0.15) is 11.3 Å². The van der Waals surface area contributed by atoms with Crippen LogP contribution in [0.2, 0.25) is 0 Å². The first-order valence-corrected chi connectivity index (χ1v) is 10.3. The fourth-order valence-corrected chi connectivity index (χ4v) is 3.78. The summed E-state index contributed by atoms with van der Waals surface area (Å²) < 4.78 is 5.85. The van der Waals surface area contributed by atoms with Crippen molar-refractivity contribution in [1.29, 1.82) is 0 Å². The zero-order valence-electron chi connectivity index (χ0n) is 17.2. The van der Waals surface area contributed by atoms with Crippen LogP contribution in [0.3, 0.4) is 0 Å². The van der Waals surface area contributed by atoms with Gasteiger partial charge < -0.3 is 14.6 Å². The minimum atomic E-state index is -0.485. The molecule has 1 fully saturated rings. The summed E-state index contributed by atoms with van der Waals surface area (Å²) in [6, 6.07) is 13.0. The van der Waals surface area contributed by atoms with Crippen molar-refractivity contribution >= 4 is 34.2 Å². The van der Waals surface area contributed by atoms with Gasteiger partial charge in [0.15, 0.2) is 0 Å². The summed E-state index contributed by atoms with van der Waals surface area (Å²) in [5.74, 6) is 0.156. The zero-order valence-corrected chi connectivity index (χ0v) is 17.2. The number of amides is 2. The fourth-order valence-electron chi connectivity index (χ4n) is 3.78. The normalized spacial score (nSPS) is 14.5. The van der Waals surface area contributed by atoms with Gasteiger partial charge in [-0.05, 0) is 36.5 Å². The molecule has 0 unspecified atom stereocenters. The average Bonchev–Trinajstić information content (AvgIpc) is 3.12. The van der Waals surface area contributed by atoms with Gasteiger partial charge in [0, 0.05) is 30.6 Å². The topological polar surface area (TPSA) is 106 Å². The van der Waals surface area contributed by atoms with Crippen LogP contribution in [0.4, 0.5) is 11.4 Å². The molecule has 4 rings (SSSR count). The van der Waals surface area contributed by atoms with Crippen molar-refractivity contribution in [1.82, 2.24) is 4.90 Å². The first-order valence-electron chi connectivity index (χ1n) is 10.3. The van der Waals surface area contributed by atoms with Crippen molar-refractivity contribution in [2.24, 2.45) is 5.92 Å². The van der Waals surface area contributed by atoms with Gasteiger partial charge in [-0.3, -0.25) is 19.7 Å². The molecule has 1 aliphatic heterocycles. The Morgan fingerprint density at radius 1 is 1.13 bits per heavy atom. The predicted molar refractivity (Wildman–Crippen MR) is 116 cm³/mol. The first kappa shape index (κ1) is 20.6. The number of para-hydroxylation sites is 1. The van der Waals surface area contributed by atoms with Crippen molar-refractivity contribution in [3.05, 3.63) is 70.0 Å². The number of nitro groups is 1. The predicted octanol–water partition coefficient (Wildman–Crippen LogP) is 4.39. The molecular weight excluding hydrogens is 398 g/mol. The molecule has 1 aliphatic rings. The number of hydrogen-bond acceptors (Lipinski definition) is 5. The van der Waals surface area contributed by atoms with Crippen molar-refractivity contribution < 1.29 is 18.9 Å². The molecule has 0 saturated carbocycles. The van der Waals surface area contributed by atoms with E-state index in [0.717, 1.165) is 12.8 Å². The smallest absolute Gasteiger partial charge is 0.291 e. The number of nitrogens with one attached hydrogen (secondary N) is 1. The number of non-ortho nitro benzene ring substituents is 1. The molecule has 3 aromatic rings. The number of fused-ring (bicyclic) bond motifs is 1. The lowest BCUT2D eigenvalue weighted by Gasteiger charge is -2.29. The van der Waals surface area contributed by atoms with Crippen LogP contribution >= 0.6 is 0 Å². The molecule has 0 bridgehead atoms. The second-order valence-corrected chi connectivity index (χ2v) is 7.93. The molecule has 0 radical (unpaired) electrons. The fraction of sp³-hybridized carbons (Fsp3) is 0.304. The molecule has 31 heavy (non-hydrogen) atoms. The number of carbonyl (C=O) groups is 2. The summed E-state index contributed by atoms with van der Waals surface area (Å²) in [5.41, 5.74) is 1.50. The number of anilines is 1.